The van der Waals surface area contributed by atoms with Crippen LogP contribution in [0.2, 0.25) is 0 Å². The minimum atomic E-state index is 0.116. The summed E-state index contributed by atoms with van der Waals surface area (Å²) in [6.07, 6.45) is 2.20. The Morgan fingerprint density at radius 3 is 2.74 bits per heavy atom. The Labute approximate surface area is 112 Å². The second kappa shape index (κ2) is 5.83. The zero-order chi connectivity index (χ0) is 13.8. The number of carbonyl (C=O) groups is 1. The van der Waals surface area contributed by atoms with Crippen LogP contribution >= 0.6 is 0 Å². The fourth-order valence-electron chi connectivity index (χ4n) is 2.08. The summed E-state index contributed by atoms with van der Waals surface area (Å²) in [5.74, 6) is 7.70. The van der Waals surface area contributed by atoms with Crippen LogP contribution in [0.3, 0.4) is 0 Å². The number of anilines is 2. The van der Waals surface area contributed by atoms with E-state index in [0.29, 0.717) is 18.8 Å². The molecular weight excluding hydrogens is 244 g/mol. The molecule has 1 atom stereocenters. The highest BCUT2D eigenvalue weighted by molar-refractivity contribution is 5.78. The number of carbonyl (C=O) groups excluding carboxylic acids is 1. The molecule has 2 heterocycles. The number of nitrogens with one attached hydrogen (secondary N) is 3. The van der Waals surface area contributed by atoms with Crippen LogP contribution in [0.25, 0.3) is 0 Å². The smallest absolute Gasteiger partial charge is 0.220 e. The van der Waals surface area contributed by atoms with E-state index in [-0.39, 0.29) is 11.9 Å². The van der Waals surface area contributed by atoms with Gasteiger partial charge in [0.15, 0.2) is 0 Å². The summed E-state index contributed by atoms with van der Waals surface area (Å²) in [7, 11) is 0. The highest BCUT2D eigenvalue weighted by Crippen LogP contribution is 2.19. The van der Waals surface area contributed by atoms with Gasteiger partial charge in [-0.1, -0.05) is 6.92 Å². The number of aryl methyl sites for hydroxylation is 1. The van der Waals surface area contributed by atoms with Gasteiger partial charge in [-0.05, 0) is 13.3 Å². The van der Waals surface area contributed by atoms with Crippen LogP contribution in [0.5, 0.6) is 0 Å². The number of nitrogens with two attached hydrogens (primary N) is 1. The Hall–Kier alpha value is -1.89. The van der Waals surface area contributed by atoms with Gasteiger partial charge in [-0.25, -0.2) is 15.8 Å². The molecule has 1 aromatic heterocycles. The fraction of sp³-hybridized carbons (Fsp3) is 0.583. The van der Waals surface area contributed by atoms with Crippen LogP contribution in [-0.4, -0.2) is 28.5 Å². The number of aromatic nitrogens is 2. The minimum Gasteiger partial charge on any atom is -0.368 e. The molecule has 1 aliphatic rings. The predicted octanol–water partition coefficient (Wildman–Crippen LogP) is 0.324. The summed E-state index contributed by atoms with van der Waals surface area (Å²) in [6, 6.07) is 0.168. The molecule has 1 saturated heterocycles. The van der Waals surface area contributed by atoms with Gasteiger partial charge in [0.05, 0.1) is 0 Å². The van der Waals surface area contributed by atoms with Crippen molar-refractivity contribution >= 4 is 17.5 Å². The van der Waals surface area contributed by atoms with E-state index >= 15 is 0 Å². The Balaban J connectivity index is 2.08. The van der Waals surface area contributed by atoms with E-state index in [2.05, 4.69) is 26.0 Å². The number of nitrogen functional groups attached to an aromatic ring is 1. The van der Waals surface area contributed by atoms with Crippen molar-refractivity contribution in [3.8, 4) is 0 Å². The third-order valence-electron chi connectivity index (χ3n) is 3.25. The van der Waals surface area contributed by atoms with Gasteiger partial charge in [0.25, 0.3) is 0 Å². The molecular formula is C12H20N6O. The van der Waals surface area contributed by atoms with Crippen LogP contribution in [-0.2, 0) is 11.2 Å². The van der Waals surface area contributed by atoms with Gasteiger partial charge >= 0.3 is 0 Å². The lowest BCUT2D eigenvalue weighted by molar-refractivity contribution is -0.119. The van der Waals surface area contributed by atoms with Crippen molar-refractivity contribution in [2.45, 2.75) is 39.2 Å². The molecule has 104 valence electrons. The summed E-state index contributed by atoms with van der Waals surface area (Å²) < 4.78 is 0. The van der Waals surface area contributed by atoms with Gasteiger partial charge in [-0.15, -0.1) is 0 Å². The third kappa shape index (κ3) is 3.11. The standard InChI is InChI=1S/C12H20N6O/c1-3-9-16-11(7(2)12(17-9)18-13)14-6-8-4-5-10(19)15-8/h8H,3-6,13H2,1-2H3,(H,15,19)(H2,14,16,17,18). The quantitative estimate of drug-likeness (QED) is 0.451. The molecule has 5 N–H and O–H groups in total. The first kappa shape index (κ1) is 13.5. The number of nitrogens with zero attached hydrogens (tertiary/aromatic N) is 2. The summed E-state index contributed by atoms with van der Waals surface area (Å²) >= 11 is 0. The van der Waals surface area contributed by atoms with Crippen molar-refractivity contribution in [3.63, 3.8) is 0 Å². The molecule has 0 aromatic carbocycles. The summed E-state index contributed by atoms with van der Waals surface area (Å²) in [5.41, 5.74) is 3.46. The van der Waals surface area contributed by atoms with Gasteiger partial charge in [-0.3, -0.25) is 4.79 Å². The molecule has 0 aliphatic carbocycles. The SMILES string of the molecule is CCc1nc(NN)c(C)c(NCC2CCC(=O)N2)n1. The Morgan fingerprint density at radius 2 is 2.16 bits per heavy atom. The molecule has 1 aromatic rings. The Bertz CT molecular complexity index is 476. The summed E-state index contributed by atoms with van der Waals surface area (Å²) in [4.78, 5) is 19.9. The number of rotatable bonds is 5. The summed E-state index contributed by atoms with van der Waals surface area (Å²) in [5, 5.41) is 6.18. The average Bonchev–Trinajstić information content (AvgIpc) is 2.83. The molecule has 0 saturated carbocycles. The van der Waals surface area contributed by atoms with E-state index < -0.39 is 0 Å². The maximum Gasteiger partial charge on any atom is 0.220 e. The highest BCUT2D eigenvalue weighted by atomic mass is 16.1. The van der Waals surface area contributed by atoms with Crippen molar-refractivity contribution in [1.82, 2.24) is 15.3 Å². The lowest BCUT2D eigenvalue weighted by atomic mass is 10.2. The van der Waals surface area contributed by atoms with Crippen LogP contribution in [0.4, 0.5) is 11.6 Å². The third-order valence-corrected chi connectivity index (χ3v) is 3.25. The van der Waals surface area contributed by atoms with Crippen LogP contribution in [0.1, 0.15) is 31.2 Å². The molecule has 1 aliphatic heterocycles. The van der Waals surface area contributed by atoms with Gasteiger partial charge in [0.2, 0.25) is 5.91 Å². The zero-order valence-electron chi connectivity index (χ0n) is 11.3. The van der Waals surface area contributed by atoms with E-state index in [1.54, 1.807) is 0 Å². The van der Waals surface area contributed by atoms with Crippen molar-refractivity contribution in [3.05, 3.63) is 11.4 Å². The van der Waals surface area contributed by atoms with E-state index in [1.165, 1.54) is 0 Å². The van der Waals surface area contributed by atoms with E-state index in [0.717, 1.165) is 30.0 Å². The lowest BCUT2D eigenvalue weighted by Crippen LogP contribution is -2.32. The second-order valence-corrected chi connectivity index (χ2v) is 4.64. The van der Waals surface area contributed by atoms with Gasteiger partial charge in [-0.2, -0.15) is 0 Å². The minimum absolute atomic E-state index is 0.116. The lowest BCUT2D eigenvalue weighted by Gasteiger charge is -2.15. The van der Waals surface area contributed by atoms with E-state index in [9.17, 15) is 4.79 Å². The zero-order valence-corrected chi connectivity index (χ0v) is 11.3. The molecule has 2 rings (SSSR count). The Morgan fingerprint density at radius 1 is 1.42 bits per heavy atom. The van der Waals surface area contributed by atoms with Crippen molar-refractivity contribution in [2.24, 2.45) is 5.84 Å². The predicted molar refractivity (Wildman–Crippen MR) is 73.6 cm³/mol. The van der Waals surface area contributed by atoms with Gasteiger partial charge in [0.1, 0.15) is 17.5 Å². The number of amides is 1. The van der Waals surface area contributed by atoms with Crippen LogP contribution in [0.15, 0.2) is 0 Å². The molecule has 1 fully saturated rings. The van der Waals surface area contributed by atoms with Crippen LogP contribution in [0, 0.1) is 6.92 Å². The first-order valence-corrected chi connectivity index (χ1v) is 6.51. The van der Waals surface area contributed by atoms with Gasteiger partial charge < -0.3 is 16.1 Å². The number of hydrazine groups is 1. The van der Waals surface area contributed by atoms with Crippen molar-refractivity contribution in [2.75, 3.05) is 17.3 Å². The normalized spacial score (nSPS) is 18.3. The molecule has 7 nitrogen and oxygen atoms in total. The van der Waals surface area contributed by atoms with E-state index in [4.69, 9.17) is 5.84 Å². The molecule has 0 radical (unpaired) electrons. The maximum absolute atomic E-state index is 11.1. The topological polar surface area (TPSA) is 105 Å². The highest BCUT2D eigenvalue weighted by Gasteiger charge is 2.20. The van der Waals surface area contributed by atoms with Crippen molar-refractivity contribution < 1.29 is 4.79 Å². The van der Waals surface area contributed by atoms with Crippen molar-refractivity contribution in [1.29, 1.82) is 0 Å². The van der Waals surface area contributed by atoms with E-state index in [1.807, 2.05) is 13.8 Å². The van der Waals surface area contributed by atoms with Crippen LogP contribution < -0.4 is 21.9 Å². The first-order chi connectivity index (χ1) is 9.13. The number of hydrogen-bond donors (Lipinski definition) is 4. The first-order valence-electron chi connectivity index (χ1n) is 6.51. The Kier molecular flexibility index (Phi) is 4.16. The monoisotopic (exact) mass is 264 g/mol. The average molecular weight is 264 g/mol. The van der Waals surface area contributed by atoms with Gasteiger partial charge in [0, 0.05) is 31.0 Å². The fourth-order valence-corrected chi connectivity index (χ4v) is 2.08. The molecule has 0 spiro atoms. The molecule has 19 heavy (non-hydrogen) atoms. The molecule has 1 unspecified atom stereocenters. The second-order valence-electron chi connectivity index (χ2n) is 4.64. The maximum atomic E-state index is 11.1. The molecule has 0 bridgehead atoms. The largest absolute Gasteiger partial charge is 0.368 e. The molecule has 1 amide bonds. The number of hydrogen-bond acceptors (Lipinski definition) is 6. The summed E-state index contributed by atoms with van der Waals surface area (Å²) in [6.45, 7) is 4.56. The molecule has 7 heteroatoms.